The fourth-order valence-corrected chi connectivity index (χ4v) is 2.64. The molecule has 0 saturated carbocycles. The van der Waals surface area contributed by atoms with Crippen LogP contribution >= 0.6 is 0 Å². The number of benzene rings is 3. The second-order valence-corrected chi connectivity index (χ2v) is 5.65. The third kappa shape index (κ3) is 3.63. The van der Waals surface area contributed by atoms with Crippen molar-refractivity contribution in [3.63, 3.8) is 0 Å². The first-order valence-electron chi connectivity index (χ1n) is 7.86. The Balaban J connectivity index is 1.98. The molecular weight excluding hydrogens is 316 g/mol. The Hall–Kier alpha value is -3.27. The van der Waals surface area contributed by atoms with Gasteiger partial charge in [-0.05, 0) is 16.8 Å². The summed E-state index contributed by atoms with van der Waals surface area (Å²) in [5.41, 5.74) is 0.650. The first-order valence-corrected chi connectivity index (χ1v) is 7.86. The van der Waals surface area contributed by atoms with Crippen LogP contribution in [0.15, 0.2) is 72.8 Å². The largest absolute Gasteiger partial charge is 0.446 e. The molecule has 0 amide bonds. The first kappa shape index (κ1) is 16.6. The highest BCUT2D eigenvalue weighted by Crippen LogP contribution is 2.19. The van der Waals surface area contributed by atoms with Gasteiger partial charge in [0.2, 0.25) is 17.7 Å². The third-order valence-electron chi connectivity index (χ3n) is 3.85. The monoisotopic (exact) mass is 332 g/mol. The van der Waals surface area contributed by atoms with E-state index in [1.807, 2.05) is 24.3 Å². The highest BCUT2D eigenvalue weighted by atomic mass is 16.5. The minimum absolute atomic E-state index is 0.322. The van der Waals surface area contributed by atoms with E-state index in [0.717, 1.165) is 10.8 Å². The Kier molecular flexibility index (Phi) is 4.70. The van der Waals surface area contributed by atoms with Crippen molar-refractivity contribution >= 4 is 28.3 Å². The Morgan fingerprint density at radius 3 is 2.00 bits per heavy atom. The standard InChI is InChI=1S/C21H16O4/c1-14(22)25-21(19(23)16-8-3-2-4-9-16)20(24)18-12-11-15-7-5-6-10-17(15)13-18/h2-13,21H,1H3. The van der Waals surface area contributed by atoms with Crippen molar-refractivity contribution in [2.45, 2.75) is 13.0 Å². The number of rotatable bonds is 5. The first-order chi connectivity index (χ1) is 12.1. The van der Waals surface area contributed by atoms with E-state index in [2.05, 4.69) is 0 Å². The fourth-order valence-electron chi connectivity index (χ4n) is 2.64. The zero-order chi connectivity index (χ0) is 17.8. The smallest absolute Gasteiger partial charge is 0.303 e. The van der Waals surface area contributed by atoms with Crippen molar-refractivity contribution in [1.82, 2.24) is 0 Å². The van der Waals surface area contributed by atoms with E-state index in [9.17, 15) is 14.4 Å². The lowest BCUT2D eigenvalue weighted by atomic mass is 9.96. The molecule has 0 aliphatic carbocycles. The molecule has 0 heterocycles. The Morgan fingerprint density at radius 2 is 1.32 bits per heavy atom. The second kappa shape index (κ2) is 7.09. The van der Waals surface area contributed by atoms with E-state index < -0.39 is 23.6 Å². The molecule has 4 nitrogen and oxygen atoms in total. The van der Waals surface area contributed by atoms with E-state index in [1.165, 1.54) is 6.92 Å². The summed E-state index contributed by atoms with van der Waals surface area (Å²) in [5, 5.41) is 1.86. The molecule has 0 aromatic heterocycles. The summed E-state index contributed by atoms with van der Waals surface area (Å²) < 4.78 is 5.06. The van der Waals surface area contributed by atoms with Crippen LogP contribution in [0.4, 0.5) is 0 Å². The minimum Gasteiger partial charge on any atom is -0.446 e. The summed E-state index contributed by atoms with van der Waals surface area (Å²) in [6, 6.07) is 21.1. The summed E-state index contributed by atoms with van der Waals surface area (Å²) >= 11 is 0. The summed E-state index contributed by atoms with van der Waals surface area (Å²) in [6.45, 7) is 1.18. The van der Waals surface area contributed by atoms with Crippen LogP contribution in [0.2, 0.25) is 0 Å². The van der Waals surface area contributed by atoms with Gasteiger partial charge in [0, 0.05) is 18.1 Å². The number of hydrogen-bond donors (Lipinski definition) is 0. The van der Waals surface area contributed by atoms with Gasteiger partial charge in [-0.25, -0.2) is 0 Å². The zero-order valence-corrected chi connectivity index (χ0v) is 13.6. The molecule has 3 rings (SSSR count). The van der Waals surface area contributed by atoms with Crippen LogP contribution in [0.25, 0.3) is 10.8 Å². The molecule has 25 heavy (non-hydrogen) atoms. The van der Waals surface area contributed by atoms with Crippen molar-refractivity contribution in [3.8, 4) is 0 Å². The number of carbonyl (C=O) groups is 3. The number of ether oxygens (including phenoxy) is 1. The fraction of sp³-hybridized carbons (Fsp3) is 0.0952. The molecule has 0 aliphatic heterocycles. The van der Waals surface area contributed by atoms with Crippen LogP contribution in [-0.2, 0) is 9.53 Å². The summed E-state index contributed by atoms with van der Waals surface area (Å²) in [6.07, 6.45) is -1.49. The number of fused-ring (bicyclic) bond motifs is 1. The van der Waals surface area contributed by atoms with Gasteiger partial charge < -0.3 is 4.74 Å². The lowest BCUT2D eigenvalue weighted by Crippen LogP contribution is -2.34. The molecule has 0 aliphatic rings. The number of ketones is 2. The summed E-state index contributed by atoms with van der Waals surface area (Å²) in [4.78, 5) is 36.9. The minimum atomic E-state index is -1.49. The van der Waals surface area contributed by atoms with E-state index in [0.29, 0.717) is 11.1 Å². The summed E-state index contributed by atoms with van der Waals surface area (Å²) in [7, 11) is 0. The van der Waals surface area contributed by atoms with E-state index >= 15 is 0 Å². The maximum absolute atomic E-state index is 12.8. The third-order valence-corrected chi connectivity index (χ3v) is 3.85. The number of esters is 1. The van der Waals surface area contributed by atoms with Gasteiger partial charge in [0.05, 0.1) is 0 Å². The topological polar surface area (TPSA) is 60.4 Å². The van der Waals surface area contributed by atoms with Crippen LogP contribution in [0.1, 0.15) is 27.6 Å². The van der Waals surface area contributed by atoms with Crippen molar-refractivity contribution in [2.75, 3.05) is 0 Å². The Bertz CT molecular complexity index is 944. The predicted octanol–water partition coefficient (Wildman–Crippen LogP) is 3.84. The second-order valence-electron chi connectivity index (χ2n) is 5.65. The molecule has 3 aromatic rings. The van der Waals surface area contributed by atoms with Gasteiger partial charge in [-0.1, -0.05) is 66.7 Å². The van der Waals surface area contributed by atoms with Crippen molar-refractivity contribution in [2.24, 2.45) is 0 Å². The molecule has 0 radical (unpaired) electrons. The molecule has 0 bridgehead atoms. The molecule has 4 heteroatoms. The van der Waals surface area contributed by atoms with E-state index in [1.54, 1.807) is 48.5 Å². The van der Waals surface area contributed by atoms with Gasteiger partial charge in [-0.3, -0.25) is 14.4 Å². The lowest BCUT2D eigenvalue weighted by Gasteiger charge is -2.15. The zero-order valence-electron chi connectivity index (χ0n) is 13.6. The lowest BCUT2D eigenvalue weighted by molar-refractivity contribution is -0.142. The van der Waals surface area contributed by atoms with Crippen molar-refractivity contribution in [1.29, 1.82) is 0 Å². The van der Waals surface area contributed by atoms with Gasteiger partial charge in [0.1, 0.15) is 0 Å². The quantitative estimate of drug-likeness (QED) is 0.405. The van der Waals surface area contributed by atoms with E-state index in [4.69, 9.17) is 4.74 Å². The normalized spacial score (nSPS) is 11.7. The molecular formula is C21H16O4. The number of hydrogen-bond acceptors (Lipinski definition) is 4. The number of Topliss-reactive ketones (excluding diaryl/α,β-unsaturated/α-hetero) is 2. The van der Waals surface area contributed by atoms with E-state index in [-0.39, 0.29) is 0 Å². The molecule has 0 saturated heterocycles. The van der Waals surface area contributed by atoms with Gasteiger partial charge in [0.15, 0.2) is 0 Å². The molecule has 0 N–H and O–H groups in total. The Morgan fingerprint density at radius 1 is 0.720 bits per heavy atom. The Labute approximate surface area is 145 Å². The van der Waals surface area contributed by atoms with Crippen LogP contribution in [-0.4, -0.2) is 23.6 Å². The van der Waals surface area contributed by atoms with Gasteiger partial charge in [0.25, 0.3) is 0 Å². The predicted molar refractivity (Wildman–Crippen MR) is 94.6 cm³/mol. The number of carbonyl (C=O) groups excluding carboxylic acids is 3. The van der Waals surface area contributed by atoms with Gasteiger partial charge >= 0.3 is 5.97 Å². The molecule has 0 fully saturated rings. The average molecular weight is 332 g/mol. The highest BCUT2D eigenvalue weighted by Gasteiger charge is 2.31. The SMILES string of the molecule is CC(=O)OC(C(=O)c1ccccc1)C(=O)c1ccc2ccccc2c1. The molecule has 0 spiro atoms. The van der Waals surface area contributed by atoms with Gasteiger partial charge in [-0.2, -0.15) is 0 Å². The van der Waals surface area contributed by atoms with Crippen molar-refractivity contribution in [3.05, 3.63) is 83.9 Å². The van der Waals surface area contributed by atoms with Crippen LogP contribution in [0.5, 0.6) is 0 Å². The summed E-state index contributed by atoms with van der Waals surface area (Å²) in [5.74, 6) is -1.74. The van der Waals surface area contributed by atoms with Gasteiger partial charge in [-0.15, -0.1) is 0 Å². The van der Waals surface area contributed by atoms with Crippen molar-refractivity contribution < 1.29 is 19.1 Å². The maximum Gasteiger partial charge on any atom is 0.303 e. The molecule has 1 atom stereocenters. The molecule has 1 unspecified atom stereocenters. The molecule has 3 aromatic carbocycles. The highest BCUT2D eigenvalue weighted by molar-refractivity contribution is 6.19. The van der Waals surface area contributed by atoms with Crippen LogP contribution in [0.3, 0.4) is 0 Å². The average Bonchev–Trinajstić information content (AvgIpc) is 2.65. The van der Waals surface area contributed by atoms with Crippen LogP contribution < -0.4 is 0 Å². The maximum atomic E-state index is 12.8. The molecule has 124 valence electrons. The van der Waals surface area contributed by atoms with Crippen LogP contribution in [0, 0.1) is 0 Å².